The molecule has 0 spiro atoms. The maximum atomic E-state index is 5.12. The first-order valence-electron chi connectivity index (χ1n) is 9.38. The summed E-state index contributed by atoms with van der Waals surface area (Å²) in [6.45, 7) is 2.73. The van der Waals surface area contributed by atoms with Gasteiger partial charge in [0.25, 0.3) is 0 Å². The Kier molecular flexibility index (Phi) is 3.99. The molecule has 5 rings (SSSR count). The molecule has 1 N–H and O–H groups in total. The van der Waals surface area contributed by atoms with Crippen LogP contribution in [0.3, 0.4) is 0 Å². The number of anilines is 2. The number of hydrogen-bond donors (Lipinski definition) is 1. The first-order chi connectivity index (χ1) is 13.3. The van der Waals surface area contributed by atoms with E-state index >= 15 is 0 Å². The lowest BCUT2D eigenvalue weighted by atomic mass is 9.85. The molecular weight excluding hydrogens is 344 g/mol. The van der Waals surface area contributed by atoms with Gasteiger partial charge in [0, 0.05) is 43.7 Å². The second-order valence-corrected chi connectivity index (χ2v) is 7.22. The molecule has 0 atom stereocenters. The van der Waals surface area contributed by atoms with Crippen LogP contribution >= 0.6 is 0 Å². The zero-order valence-corrected chi connectivity index (χ0v) is 15.2. The van der Waals surface area contributed by atoms with Gasteiger partial charge in [-0.15, -0.1) is 15.3 Å². The molecule has 0 aromatic carbocycles. The Morgan fingerprint density at radius 1 is 1.19 bits per heavy atom. The third kappa shape index (κ3) is 3.02. The fraction of sp³-hybridized carbons (Fsp3) is 0.500. The Morgan fingerprint density at radius 3 is 2.85 bits per heavy atom. The van der Waals surface area contributed by atoms with E-state index in [0.717, 1.165) is 36.9 Å². The number of aromatic nitrogens is 6. The van der Waals surface area contributed by atoms with Crippen LogP contribution in [0.25, 0.3) is 5.65 Å². The molecule has 0 amide bonds. The van der Waals surface area contributed by atoms with Gasteiger partial charge in [-0.25, -0.2) is 4.98 Å². The highest BCUT2D eigenvalue weighted by atomic mass is 16.5. The number of rotatable bonds is 6. The highest BCUT2D eigenvalue weighted by Gasteiger charge is 2.29. The van der Waals surface area contributed by atoms with E-state index in [0.29, 0.717) is 23.7 Å². The standard InChI is InChI=1S/C18H22N8O/c1-27-16-7-8-19-18(21-16)20-9-12-10-25(11-12)15-6-5-14-22-23-17(26(14)24-15)13-3-2-4-13/h5-8,12-13H,2-4,9-11H2,1H3,(H,19,20,21). The number of methoxy groups -OCH3 is 1. The molecular formula is C18H22N8O. The first kappa shape index (κ1) is 16.2. The molecule has 1 aliphatic carbocycles. The van der Waals surface area contributed by atoms with E-state index in [1.165, 1.54) is 19.3 Å². The van der Waals surface area contributed by atoms with Crippen molar-refractivity contribution in [1.29, 1.82) is 0 Å². The zero-order chi connectivity index (χ0) is 18.2. The molecule has 2 fully saturated rings. The molecule has 0 radical (unpaired) electrons. The SMILES string of the molecule is COc1ccnc(NCC2CN(c3ccc4nnc(C5CCC5)n4n3)C2)n1. The summed E-state index contributed by atoms with van der Waals surface area (Å²) in [5.74, 6) is 4.20. The highest BCUT2D eigenvalue weighted by Crippen LogP contribution is 2.35. The van der Waals surface area contributed by atoms with Crippen LogP contribution in [-0.4, -0.2) is 56.5 Å². The smallest absolute Gasteiger partial charge is 0.225 e. The third-order valence-corrected chi connectivity index (χ3v) is 5.41. The van der Waals surface area contributed by atoms with Crippen LogP contribution in [0.15, 0.2) is 24.4 Å². The minimum absolute atomic E-state index is 0.513. The van der Waals surface area contributed by atoms with Gasteiger partial charge in [0.05, 0.1) is 7.11 Å². The molecule has 3 aromatic rings. The van der Waals surface area contributed by atoms with E-state index in [4.69, 9.17) is 9.84 Å². The van der Waals surface area contributed by atoms with Gasteiger partial charge in [0.2, 0.25) is 11.8 Å². The van der Waals surface area contributed by atoms with E-state index in [1.807, 2.05) is 16.6 Å². The number of nitrogens with one attached hydrogen (secondary N) is 1. The van der Waals surface area contributed by atoms with Crippen LogP contribution in [0.2, 0.25) is 0 Å². The molecule has 9 nitrogen and oxygen atoms in total. The van der Waals surface area contributed by atoms with Crippen molar-refractivity contribution in [1.82, 2.24) is 29.8 Å². The van der Waals surface area contributed by atoms with Gasteiger partial charge in [-0.1, -0.05) is 6.42 Å². The van der Waals surface area contributed by atoms with Gasteiger partial charge < -0.3 is 15.0 Å². The molecule has 140 valence electrons. The Hall–Kier alpha value is -2.97. The van der Waals surface area contributed by atoms with Crippen molar-refractivity contribution in [3.05, 3.63) is 30.2 Å². The molecule has 27 heavy (non-hydrogen) atoms. The van der Waals surface area contributed by atoms with Crippen molar-refractivity contribution in [2.24, 2.45) is 5.92 Å². The van der Waals surface area contributed by atoms with Crippen molar-refractivity contribution < 1.29 is 4.74 Å². The molecule has 1 saturated heterocycles. The Bertz CT molecular complexity index is 947. The predicted molar refractivity (Wildman–Crippen MR) is 100 cm³/mol. The lowest BCUT2D eigenvalue weighted by Crippen LogP contribution is -2.50. The molecule has 9 heteroatoms. The third-order valence-electron chi connectivity index (χ3n) is 5.41. The minimum atomic E-state index is 0.513. The van der Waals surface area contributed by atoms with E-state index in [9.17, 15) is 0 Å². The Morgan fingerprint density at radius 2 is 2.07 bits per heavy atom. The average Bonchev–Trinajstić information content (AvgIpc) is 3.02. The molecule has 0 unspecified atom stereocenters. The highest BCUT2D eigenvalue weighted by molar-refractivity contribution is 5.48. The quantitative estimate of drug-likeness (QED) is 0.705. The average molecular weight is 366 g/mol. The molecule has 3 aromatic heterocycles. The second kappa shape index (κ2) is 6.64. The fourth-order valence-electron chi connectivity index (χ4n) is 3.55. The van der Waals surface area contributed by atoms with E-state index in [-0.39, 0.29) is 0 Å². The second-order valence-electron chi connectivity index (χ2n) is 7.22. The van der Waals surface area contributed by atoms with Crippen LogP contribution in [0.5, 0.6) is 5.88 Å². The van der Waals surface area contributed by atoms with Gasteiger partial charge in [-0.2, -0.15) is 9.50 Å². The lowest BCUT2D eigenvalue weighted by molar-refractivity contribution is 0.392. The number of nitrogens with zero attached hydrogens (tertiary/aromatic N) is 7. The monoisotopic (exact) mass is 366 g/mol. The number of ether oxygens (including phenoxy) is 1. The Balaban J connectivity index is 1.21. The molecule has 1 saturated carbocycles. The van der Waals surface area contributed by atoms with Gasteiger partial charge in [-0.3, -0.25) is 0 Å². The van der Waals surface area contributed by atoms with E-state index in [2.05, 4.69) is 30.4 Å². The van der Waals surface area contributed by atoms with Gasteiger partial charge in [0.1, 0.15) is 5.82 Å². The summed E-state index contributed by atoms with van der Waals surface area (Å²) in [5.41, 5.74) is 0.828. The van der Waals surface area contributed by atoms with E-state index in [1.54, 1.807) is 19.4 Å². The molecule has 1 aliphatic heterocycles. The van der Waals surface area contributed by atoms with Crippen LogP contribution in [0.1, 0.15) is 31.0 Å². The minimum Gasteiger partial charge on any atom is -0.481 e. The zero-order valence-electron chi connectivity index (χ0n) is 15.2. The Labute approximate surface area is 156 Å². The number of hydrogen-bond acceptors (Lipinski definition) is 8. The van der Waals surface area contributed by atoms with Crippen molar-refractivity contribution in [3.63, 3.8) is 0 Å². The summed E-state index contributed by atoms with van der Waals surface area (Å²) >= 11 is 0. The molecule has 4 heterocycles. The molecule has 2 aliphatic rings. The van der Waals surface area contributed by atoms with Crippen molar-refractivity contribution in [3.8, 4) is 5.88 Å². The maximum absolute atomic E-state index is 5.12. The van der Waals surface area contributed by atoms with Gasteiger partial charge in [-0.05, 0) is 25.0 Å². The molecule has 0 bridgehead atoms. The maximum Gasteiger partial charge on any atom is 0.225 e. The summed E-state index contributed by atoms with van der Waals surface area (Å²) in [5, 5.41) is 16.7. The van der Waals surface area contributed by atoms with Crippen LogP contribution in [0, 0.1) is 5.92 Å². The number of fused-ring (bicyclic) bond motifs is 1. The normalized spacial score (nSPS) is 17.6. The van der Waals surface area contributed by atoms with Crippen molar-refractivity contribution in [2.45, 2.75) is 25.2 Å². The van der Waals surface area contributed by atoms with Crippen molar-refractivity contribution >= 4 is 17.4 Å². The first-order valence-corrected chi connectivity index (χ1v) is 9.38. The van der Waals surface area contributed by atoms with Gasteiger partial charge >= 0.3 is 0 Å². The summed E-state index contributed by atoms with van der Waals surface area (Å²) in [7, 11) is 1.60. The fourth-order valence-corrected chi connectivity index (χ4v) is 3.55. The summed E-state index contributed by atoms with van der Waals surface area (Å²) in [6.07, 6.45) is 5.35. The summed E-state index contributed by atoms with van der Waals surface area (Å²) in [4.78, 5) is 10.8. The van der Waals surface area contributed by atoms with Crippen molar-refractivity contribution in [2.75, 3.05) is 37.0 Å². The van der Waals surface area contributed by atoms with E-state index < -0.39 is 0 Å². The predicted octanol–water partition coefficient (Wildman–Crippen LogP) is 1.74. The van der Waals surface area contributed by atoms with Gasteiger partial charge in [0.15, 0.2) is 11.5 Å². The van der Waals surface area contributed by atoms with Crippen LogP contribution < -0.4 is 15.0 Å². The topological polar surface area (TPSA) is 93.4 Å². The lowest BCUT2D eigenvalue weighted by Gasteiger charge is -2.40. The largest absolute Gasteiger partial charge is 0.481 e. The van der Waals surface area contributed by atoms with Crippen LogP contribution in [0.4, 0.5) is 11.8 Å². The van der Waals surface area contributed by atoms with Crippen LogP contribution in [-0.2, 0) is 0 Å². The summed E-state index contributed by atoms with van der Waals surface area (Å²) in [6, 6.07) is 5.78. The summed E-state index contributed by atoms with van der Waals surface area (Å²) < 4.78 is 7.05.